The van der Waals surface area contributed by atoms with Crippen LogP contribution in [0.5, 0.6) is 0 Å². The smallest absolute Gasteiger partial charge is 0.0366 e. The maximum absolute atomic E-state index is 6.18. The summed E-state index contributed by atoms with van der Waals surface area (Å²) >= 11 is 1.84. The lowest BCUT2D eigenvalue weighted by atomic mass is 9.86. The first-order valence-electron chi connectivity index (χ1n) is 7.68. The number of rotatable bonds is 8. The number of nitrogens with two attached hydrogens (primary N) is 1. The molecular weight excluding hydrogens is 276 g/mol. The molecule has 1 aromatic carbocycles. The van der Waals surface area contributed by atoms with Gasteiger partial charge in [-0.25, -0.2) is 0 Å². The van der Waals surface area contributed by atoms with Crippen molar-refractivity contribution in [1.82, 2.24) is 4.90 Å². The summed E-state index contributed by atoms with van der Waals surface area (Å²) in [4.78, 5) is 3.91. The molecule has 3 heteroatoms. The van der Waals surface area contributed by atoms with Gasteiger partial charge in [-0.1, -0.05) is 43.3 Å². The minimum atomic E-state index is 0.0542. The van der Waals surface area contributed by atoms with Gasteiger partial charge in [-0.3, -0.25) is 4.90 Å². The molecule has 114 valence electrons. The minimum Gasteiger partial charge on any atom is -0.329 e. The van der Waals surface area contributed by atoms with Crippen LogP contribution in [0.25, 0.3) is 0 Å². The van der Waals surface area contributed by atoms with Crippen molar-refractivity contribution in [2.24, 2.45) is 5.73 Å². The van der Waals surface area contributed by atoms with Gasteiger partial charge in [0.1, 0.15) is 0 Å². The van der Waals surface area contributed by atoms with Crippen LogP contribution < -0.4 is 5.73 Å². The van der Waals surface area contributed by atoms with Gasteiger partial charge in [-0.15, -0.1) is 11.3 Å². The Morgan fingerprint density at radius 3 is 2.48 bits per heavy atom. The summed E-state index contributed by atoms with van der Waals surface area (Å²) < 4.78 is 0. The van der Waals surface area contributed by atoms with E-state index in [1.165, 1.54) is 10.4 Å². The maximum Gasteiger partial charge on any atom is 0.0366 e. The number of benzene rings is 1. The number of hydrogen-bond acceptors (Lipinski definition) is 3. The molecule has 1 aromatic heterocycles. The molecule has 0 aliphatic heterocycles. The molecule has 2 N–H and O–H groups in total. The molecule has 0 aliphatic carbocycles. The molecule has 0 spiro atoms. The van der Waals surface area contributed by atoms with Crippen molar-refractivity contribution >= 4 is 11.3 Å². The Labute approximate surface area is 132 Å². The quantitative estimate of drug-likeness (QED) is 0.807. The van der Waals surface area contributed by atoms with Gasteiger partial charge in [0.05, 0.1) is 0 Å². The van der Waals surface area contributed by atoms with Crippen LogP contribution in [0.15, 0.2) is 47.8 Å². The predicted molar refractivity (Wildman–Crippen MR) is 92.9 cm³/mol. The molecule has 21 heavy (non-hydrogen) atoms. The molecule has 2 nitrogen and oxygen atoms in total. The van der Waals surface area contributed by atoms with E-state index >= 15 is 0 Å². The van der Waals surface area contributed by atoms with Crippen molar-refractivity contribution in [2.75, 3.05) is 20.1 Å². The van der Waals surface area contributed by atoms with Crippen LogP contribution in [-0.2, 0) is 12.8 Å². The third kappa shape index (κ3) is 4.16. The second-order valence-corrected chi connectivity index (χ2v) is 6.73. The van der Waals surface area contributed by atoms with Crippen LogP contribution in [0.3, 0.4) is 0 Å². The molecule has 0 aliphatic rings. The standard InChI is InChI=1S/C18H26N2S/c1-3-18(15-19,14-16-8-5-4-6-9-16)20(2)12-11-17-10-7-13-21-17/h4-10,13H,3,11-12,14-15,19H2,1-2H3. The summed E-state index contributed by atoms with van der Waals surface area (Å²) in [6.07, 6.45) is 3.19. The number of thiophene rings is 1. The van der Waals surface area contributed by atoms with Gasteiger partial charge >= 0.3 is 0 Å². The van der Waals surface area contributed by atoms with E-state index in [4.69, 9.17) is 5.73 Å². The minimum absolute atomic E-state index is 0.0542. The summed E-state index contributed by atoms with van der Waals surface area (Å²) in [7, 11) is 2.22. The van der Waals surface area contributed by atoms with Crippen molar-refractivity contribution in [3.63, 3.8) is 0 Å². The molecule has 1 heterocycles. The Kier molecular flexibility index (Phi) is 5.97. The van der Waals surface area contributed by atoms with Crippen molar-refractivity contribution in [1.29, 1.82) is 0 Å². The highest BCUT2D eigenvalue weighted by Gasteiger charge is 2.31. The monoisotopic (exact) mass is 302 g/mol. The first-order chi connectivity index (χ1) is 10.2. The Hall–Kier alpha value is -1.16. The van der Waals surface area contributed by atoms with E-state index in [1.807, 2.05) is 11.3 Å². The molecule has 0 saturated heterocycles. The SMILES string of the molecule is CCC(CN)(Cc1ccccc1)N(C)CCc1cccs1. The van der Waals surface area contributed by atoms with Gasteiger partial charge in [0.2, 0.25) is 0 Å². The van der Waals surface area contributed by atoms with Gasteiger partial charge in [0.25, 0.3) is 0 Å². The average molecular weight is 302 g/mol. The second kappa shape index (κ2) is 7.74. The molecule has 2 rings (SSSR count). The predicted octanol–water partition coefficient (Wildman–Crippen LogP) is 3.57. The van der Waals surface area contributed by atoms with Crippen molar-refractivity contribution in [2.45, 2.75) is 31.7 Å². The van der Waals surface area contributed by atoms with E-state index in [9.17, 15) is 0 Å². The highest BCUT2D eigenvalue weighted by Crippen LogP contribution is 2.24. The molecule has 0 bridgehead atoms. The zero-order valence-electron chi connectivity index (χ0n) is 13.1. The van der Waals surface area contributed by atoms with Crippen molar-refractivity contribution in [3.8, 4) is 0 Å². The Bertz CT molecular complexity index is 503. The molecular formula is C18H26N2S. The third-order valence-electron chi connectivity index (χ3n) is 4.50. The Morgan fingerprint density at radius 1 is 1.14 bits per heavy atom. The van der Waals surface area contributed by atoms with Crippen LogP contribution in [0, 0.1) is 0 Å². The fourth-order valence-corrected chi connectivity index (χ4v) is 3.55. The van der Waals surface area contributed by atoms with E-state index in [0.717, 1.165) is 25.8 Å². The Morgan fingerprint density at radius 2 is 1.90 bits per heavy atom. The van der Waals surface area contributed by atoms with Crippen LogP contribution in [0.4, 0.5) is 0 Å². The van der Waals surface area contributed by atoms with Gasteiger partial charge in [-0.05, 0) is 43.3 Å². The highest BCUT2D eigenvalue weighted by atomic mass is 32.1. The topological polar surface area (TPSA) is 29.3 Å². The van der Waals surface area contributed by atoms with E-state index in [2.05, 4.69) is 66.7 Å². The molecule has 2 aromatic rings. The largest absolute Gasteiger partial charge is 0.329 e. The van der Waals surface area contributed by atoms with Crippen molar-refractivity contribution < 1.29 is 0 Å². The van der Waals surface area contributed by atoms with Crippen molar-refractivity contribution in [3.05, 3.63) is 58.3 Å². The van der Waals surface area contributed by atoms with Crippen LogP contribution in [0.1, 0.15) is 23.8 Å². The summed E-state index contributed by atoms with van der Waals surface area (Å²) in [5.74, 6) is 0. The van der Waals surface area contributed by atoms with E-state index < -0.39 is 0 Å². The molecule has 0 saturated carbocycles. The van der Waals surface area contributed by atoms with E-state index in [0.29, 0.717) is 6.54 Å². The van der Waals surface area contributed by atoms with Crippen LogP contribution >= 0.6 is 11.3 Å². The summed E-state index contributed by atoms with van der Waals surface area (Å²) in [5.41, 5.74) is 7.60. The lowest BCUT2D eigenvalue weighted by molar-refractivity contribution is 0.122. The van der Waals surface area contributed by atoms with Gasteiger partial charge in [0.15, 0.2) is 0 Å². The average Bonchev–Trinajstić information content (AvgIpc) is 3.05. The highest BCUT2D eigenvalue weighted by molar-refractivity contribution is 7.09. The molecule has 1 atom stereocenters. The molecule has 0 amide bonds. The normalized spacial score (nSPS) is 14.3. The maximum atomic E-state index is 6.18. The summed E-state index contributed by atoms with van der Waals surface area (Å²) in [6.45, 7) is 4.00. The molecule has 1 unspecified atom stereocenters. The van der Waals surface area contributed by atoms with Gasteiger partial charge in [-0.2, -0.15) is 0 Å². The zero-order valence-corrected chi connectivity index (χ0v) is 13.9. The first kappa shape index (κ1) is 16.2. The fraction of sp³-hybridized carbons (Fsp3) is 0.444. The zero-order chi connectivity index (χ0) is 15.1. The molecule has 0 fully saturated rings. The summed E-state index contributed by atoms with van der Waals surface area (Å²) in [6, 6.07) is 15.0. The van der Waals surface area contributed by atoms with Crippen LogP contribution in [0.2, 0.25) is 0 Å². The van der Waals surface area contributed by atoms with Gasteiger partial charge in [0, 0.05) is 23.5 Å². The lowest BCUT2D eigenvalue weighted by Gasteiger charge is -2.41. The van der Waals surface area contributed by atoms with Crippen LogP contribution in [-0.4, -0.2) is 30.6 Å². The Balaban J connectivity index is 2.05. The number of likely N-dealkylation sites (N-methyl/N-ethyl adjacent to an activating group) is 1. The van der Waals surface area contributed by atoms with E-state index in [-0.39, 0.29) is 5.54 Å². The van der Waals surface area contributed by atoms with E-state index in [1.54, 1.807) is 0 Å². The molecule has 0 radical (unpaired) electrons. The fourth-order valence-electron chi connectivity index (χ4n) is 2.85. The second-order valence-electron chi connectivity index (χ2n) is 5.70. The lowest BCUT2D eigenvalue weighted by Crippen LogP contribution is -2.53. The first-order valence-corrected chi connectivity index (χ1v) is 8.56. The number of nitrogens with zero attached hydrogens (tertiary/aromatic N) is 1. The third-order valence-corrected chi connectivity index (χ3v) is 5.43. The van der Waals surface area contributed by atoms with Gasteiger partial charge < -0.3 is 5.73 Å². The summed E-state index contributed by atoms with van der Waals surface area (Å²) in [5, 5.41) is 2.15. The number of hydrogen-bond donors (Lipinski definition) is 1.